The van der Waals surface area contributed by atoms with Crippen molar-refractivity contribution in [3.05, 3.63) is 40.0 Å². The molecule has 0 aromatic heterocycles. The van der Waals surface area contributed by atoms with Crippen molar-refractivity contribution >= 4 is 28.5 Å². The first-order valence-corrected chi connectivity index (χ1v) is 14.7. The van der Waals surface area contributed by atoms with Gasteiger partial charge in [-0.25, -0.2) is 4.79 Å². The molecule has 0 bridgehead atoms. The number of hydrogen-bond donors (Lipinski definition) is 1. The van der Waals surface area contributed by atoms with E-state index in [0.29, 0.717) is 0 Å². The Labute approximate surface area is 160 Å². The average molecular weight is 358 g/mol. The fourth-order valence-electron chi connectivity index (χ4n) is 2.40. The smallest absolute Gasteiger partial charge is 0.668 e. The van der Waals surface area contributed by atoms with Gasteiger partial charge < -0.3 is 14.5 Å². The monoisotopic (exact) mass is 357 g/mol. The number of carboxylic acids is 1. The first-order chi connectivity index (χ1) is 10.4. The molecule has 1 aliphatic rings. The molecule has 128 valence electrons. The van der Waals surface area contributed by atoms with Gasteiger partial charge in [0.05, 0.1) is 5.56 Å². The molecule has 0 amide bonds. The predicted octanol–water partition coefficient (Wildman–Crippen LogP) is 2.21. The minimum Gasteiger partial charge on any atom is -0.668 e. The molecule has 1 N–H and O–H groups in total. The Kier molecular flexibility index (Phi) is 8.77. The summed E-state index contributed by atoms with van der Waals surface area (Å²) in [7, 11) is -2.21. The van der Waals surface area contributed by atoms with Crippen LogP contribution in [0.3, 0.4) is 0 Å². The van der Waals surface area contributed by atoms with Gasteiger partial charge >= 0.3 is 24.8 Å². The van der Waals surface area contributed by atoms with Gasteiger partial charge in [0.15, 0.2) is 0 Å². The van der Waals surface area contributed by atoms with E-state index in [1.165, 1.54) is 0 Å². The molecule has 0 radical (unpaired) electrons. The maximum atomic E-state index is 10.7. The number of rotatable bonds is 3. The standard InChI is InChI=1S/C11H10O3.C6H18NSi2.Li/c1-7-2-3-8-6-9(11(12)13)4-5-10(8)14-7;1-8(2,3)7-9(4,5)6;/h2-7H,1H3,(H,12,13);1-6H3;/q;-1;+1. The van der Waals surface area contributed by atoms with Crippen LogP contribution in [-0.4, -0.2) is 33.7 Å². The SMILES string of the molecule is CC1C=Cc2cc(C(=O)O)ccc2O1.C[Si](C)(C)[N-][Si](C)(C)C.[Li+]. The summed E-state index contributed by atoms with van der Waals surface area (Å²) >= 11 is 0. The summed E-state index contributed by atoms with van der Waals surface area (Å²) in [6, 6.07) is 4.85. The molecule has 1 unspecified atom stereocenters. The molecule has 1 aliphatic heterocycles. The van der Waals surface area contributed by atoms with E-state index in [9.17, 15) is 4.79 Å². The van der Waals surface area contributed by atoms with Gasteiger partial charge in [-0.3, -0.25) is 0 Å². The second-order valence-corrected chi connectivity index (χ2v) is 17.3. The van der Waals surface area contributed by atoms with Crippen molar-refractivity contribution in [1.29, 1.82) is 0 Å². The number of nitrogens with zero attached hydrogens (tertiary/aromatic N) is 1. The number of aromatic carboxylic acids is 1. The summed E-state index contributed by atoms with van der Waals surface area (Å²) < 4.78 is 10.3. The molecule has 24 heavy (non-hydrogen) atoms. The van der Waals surface area contributed by atoms with E-state index in [4.69, 9.17) is 14.5 Å². The van der Waals surface area contributed by atoms with Crippen LogP contribution in [0.5, 0.6) is 5.75 Å². The number of carbonyl (C=O) groups is 1. The molecule has 0 fully saturated rings. The molecule has 1 aromatic rings. The fourth-order valence-corrected chi connectivity index (χ4v) is 10.5. The molecule has 4 nitrogen and oxygen atoms in total. The molecule has 0 aliphatic carbocycles. The Morgan fingerprint density at radius 1 is 1.12 bits per heavy atom. The molecule has 0 spiro atoms. The second-order valence-electron chi connectivity index (χ2n) is 7.69. The molecule has 7 heteroatoms. The molecule has 2 rings (SSSR count). The van der Waals surface area contributed by atoms with Crippen molar-refractivity contribution in [3.8, 4) is 5.75 Å². The largest absolute Gasteiger partial charge is 1.00 e. The maximum absolute atomic E-state index is 10.7. The van der Waals surface area contributed by atoms with Gasteiger partial charge in [-0.2, -0.15) is 0 Å². The first-order valence-electron chi connectivity index (χ1n) is 7.84. The number of benzene rings is 1. The van der Waals surface area contributed by atoms with E-state index in [1.807, 2.05) is 19.1 Å². The van der Waals surface area contributed by atoms with Gasteiger partial charge in [-0.15, -0.1) is 0 Å². The summed E-state index contributed by atoms with van der Waals surface area (Å²) in [5, 5.41) is 8.77. The molecule has 1 atom stereocenters. The van der Waals surface area contributed by atoms with Gasteiger partial charge in [-0.1, -0.05) is 61.8 Å². The number of ether oxygens (including phenoxy) is 1. The third-order valence-corrected chi connectivity index (χ3v) is 8.15. The number of fused-ring (bicyclic) bond motifs is 1. The Morgan fingerprint density at radius 3 is 2.08 bits per heavy atom. The van der Waals surface area contributed by atoms with E-state index in [0.717, 1.165) is 11.3 Å². The van der Waals surface area contributed by atoms with Gasteiger partial charge in [0.1, 0.15) is 11.9 Å². The van der Waals surface area contributed by atoms with Crippen LogP contribution in [0.25, 0.3) is 10.7 Å². The third kappa shape index (κ3) is 8.90. The van der Waals surface area contributed by atoms with E-state index in [-0.39, 0.29) is 30.5 Å². The van der Waals surface area contributed by atoms with Crippen LogP contribution >= 0.6 is 0 Å². The van der Waals surface area contributed by atoms with E-state index < -0.39 is 22.4 Å². The number of carboxylic acid groups (broad SMARTS) is 1. The molecule has 1 heterocycles. The zero-order valence-corrected chi connectivity index (χ0v) is 18.2. The zero-order valence-electron chi connectivity index (χ0n) is 16.2. The van der Waals surface area contributed by atoms with Gasteiger partial charge in [-0.05, 0) is 31.2 Å². The van der Waals surface area contributed by atoms with E-state index in [2.05, 4.69) is 39.3 Å². The van der Waals surface area contributed by atoms with Crippen LogP contribution in [-0.2, 0) is 0 Å². The molecule has 0 saturated carbocycles. The van der Waals surface area contributed by atoms with Gasteiger partial charge in [0, 0.05) is 5.56 Å². The molecular weight excluding hydrogens is 329 g/mol. The van der Waals surface area contributed by atoms with Crippen molar-refractivity contribution in [3.63, 3.8) is 0 Å². The maximum Gasteiger partial charge on any atom is 1.00 e. The Morgan fingerprint density at radius 2 is 1.67 bits per heavy atom. The van der Waals surface area contributed by atoms with Crippen LogP contribution < -0.4 is 23.6 Å². The van der Waals surface area contributed by atoms with Crippen LogP contribution in [0.1, 0.15) is 22.8 Å². The fraction of sp³-hybridized carbons (Fsp3) is 0.471. The topological polar surface area (TPSA) is 60.6 Å². The van der Waals surface area contributed by atoms with Crippen molar-refractivity contribution in [2.45, 2.75) is 52.3 Å². The van der Waals surface area contributed by atoms with Crippen molar-refractivity contribution in [2.75, 3.05) is 0 Å². The first kappa shape index (κ1) is 23.2. The Bertz CT molecular complexity index is 580. The summed E-state index contributed by atoms with van der Waals surface area (Å²) in [6.45, 7) is 15.7. The van der Waals surface area contributed by atoms with Crippen molar-refractivity contribution in [2.24, 2.45) is 0 Å². The average Bonchev–Trinajstić information content (AvgIpc) is 2.34. The third-order valence-electron chi connectivity index (χ3n) is 2.79. The van der Waals surface area contributed by atoms with E-state index in [1.54, 1.807) is 18.2 Å². The molecule has 1 aromatic carbocycles. The van der Waals surface area contributed by atoms with Crippen LogP contribution in [0.4, 0.5) is 0 Å². The summed E-state index contributed by atoms with van der Waals surface area (Å²) in [6.07, 6.45) is 3.84. The van der Waals surface area contributed by atoms with Crippen molar-refractivity contribution < 1.29 is 33.5 Å². The second kappa shape index (κ2) is 9.07. The van der Waals surface area contributed by atoms with Gasteiger partial charge in [0.2, 0.25) is 0 Å². The zero-order chi connectivity index (χ0) is 17.8. The molecule has 0 saturated heterocycles. The van der Waals surface area contributed by atoms with Gasteiger partial charge in [0.25, 0.3) is 0 Å². The van der Waals surface area contributed by atoms with Crippen LogP contribution in [0.15, 0.2) is 24.3 Å². The summed E-state index contributed by atoms with van der Waals surface area (Å²) in [5.41, 5.74) is 1.11. The predicted molar refractivity (Wildman–Crippen MR) is 103 cm³/mol. The minimum absolute atomic E-state index is 0. The van der Waals surface area contributed by atoms with Crippen LogP contribution in [0, 0.1) is 0 Å². The Balaban J connectivity index is 0.000000468. The van der Waals surface area contributed by atoms with E-state index >= 15 is 0 Å². The summed E-state index contributed by atoms with van der Waals surface area (Å²) in [5.74, 6) is -0.176. The molecular formula is C17H28LiNO3Si2. The normalized spacial score (nSPS) is 16.0. The van der Waals surface area contributed by atoms with Crippen molar-refractivity contribution in [1.82, 2.24) is 0 Å². The minimum atomic E-state index is -1.11. The van der Waals surface area contributed by atoms with Crippen LogP contribution in [0.2, 0.25) is 39.3 Å². The Hall–Kier alpha value is -0.779. The quantitative estimate of drug-likeness (QED) is 0.844. The summed E-state index contributed by atoms with van der Waals surface area (Å²) in [4.78, 5) is 10.7. The number of hydrogen-bond acceptors (Lipinski definition) is 2.